The van der Waals surface area contributed by atoms with Crippen molar-refractivity contribution in [2.75, 3.05) is 25.5 Å². The molecule has 0 aliphatic carbocycles. The minimum absolute atomic E-state index is 0.0960. The number of hydrogen-bond acceptors (Lipinski definition) is 7. The van der Waals surface area contributed by atoms with Gasteiger partial charge < -0.3 is 14.8 Å². The molecule has 1 saturated heterocycles. The van der Waals surface area contributed by atoms with E-state index < -0.39 is 0 Å². The molecule has 26 heavy (non-hydrogen) atoms. The number of nitrogens with one attached hydrogen (secondary N) is 1. The van der Waals surface area contributed by atoms with Gasteiger partial charge in [0.2, 0.25) is 11.8 Å². The zero-order valence-electron chi connectivity index (χ0n) is 14.9. The molecule has 1 unspecified atom stereocenters. The second kappa shape index (κ2) is 6.94. The van der Waals surface area contributed by atoms with Crippen molar-refractivity contribution in [3.63, 3.8) is 0 Å². The van der Waals surface area contributed by atoms with Gasteiger partial charge in [-0.15, -0.1) is 11.3 Å². The third-order valence-corrected chi connectivity index (χ3v) is 5.84. The molecule has 0 bridgehead atoms. The number of aromatic nitrogens is 2. The largest absolute Gasteiger partial charge is 0.481 e. The Morgan fingerprint density at radius 3 is 3.19 bits per heavy atom. The summed E-state index contributed by atoms with van der Waals surface area (Å²) < 4.78 is 11.7. The maximum absolute atomic E-state index is 11.2. The van der Waals surface area contributed by atoms with Crippen LogP contribution in [0.15, 0.2) is 18.5 Å². The summed E-state index contributed by atoms with van der Waals surface area (Å²) in [6.45, 7) is 4.71. The molecule has 2 aromatic heterocycles. The number of likely N-dealkylation sites (tertiary alicyclic amines) is 1. The Labute approximate surface area is 156 Å². The summed E-state index contributed by atoms with van der Waals surface area (Å²) in [5.74, 6) is 0.570. The Morgan fingerprint density at radius 2 is 2.38 bits per heavy atom. The highest BCUT2D eigenvalue weighted by molar-refractivity contribution is 7.15. The molecule has 0 radical (unpaired) electrons. The van der Waals surface area contributed by atoms with Crippen LogP contribution in [0.5, 0.6) is 5.88 Å². The summed E-state index contributed by atoms with van der Waals surface area (Å²) in [5.41, 5.74) is 1.99. The number of pyridine rings is 1. The van der Waals surface area contributed by atoms with E-state index in [0.717, 1.165) is 42.9 Å². The van der Waals surface area contributed by atoms with E-state index in [4.69, 9.17) is 9.47 Å². The average Bonchev–Trinajstić information content (AvgIpc) is 3.20. The fraction of sp³-hybridized carbons (Fsp3) is 0.500. The lowest BCUT2D eigenvalue weighted by atomic mass is 9.85. The molecule has 4 heterocycles. The molecular weight excluding hydrogens is 352 g/mol. The van der Waals surface area contributed by atoms with Crippen LogP contribution in [0, 0.1) is 0 Å². The van der Waals surface area contributed by atoms with E-state index in [9.17, 15) is 4.79 Å². The summed E-state index contributed by atoms with van der Waals surface area (Å²) in [6, 6.07) is 2.07. The van der Waals surface area contributed by atoms with Gasteiger partial charge in [0.15, 0.2) is 5.13 Å². The molecule has 8 heteroatoms. The van der Waals surface area contributed by atoms with Crippen LogP contribution < -0.4 is 10.1 Å². The topological polar surface area (TPSA) is 76.6 Å². The van der Waals surface area contributed by atoms with E-state index in [2.05, 4.69) is 26.3 Å². The summed E-state index contributed by atoms with van der Waals surface area (Å²) in [6.07, 6.45) is 5.72. The van der Waals surface area contributed by atoms with Gasteiger partial charge >= 0.3 is 0 Å². The van der Waals surface area contributed by atoms with Gasteiger partial charge in [0.25, 0.3) is 0 Å². The van der Waals surface area contributed by atoms with Gasteiger partial charge in [0.05, 0.1) is 13.7 Å². The first-order valence-electron chi connectivity index (χ1n) is 8.70. The SMILES string of the molecule is COc1nccc2c1COC21CCCN(Cc2cnc(NC(C)=O)s2)C1. The van der Waals surface area contributed by atoms with Crippen molar-refractivity contribution in [2.24, 2.45) is 0 Å². The summed E-state index contributed by atoms with van der Waals surface area (Å²) in [5, 5.41) is 3.39. The summed E-state index contributed by atoms with van der Waals surface area (Å²) >= 11 is 1.52. The van der Waals surface area contributed by atoms with Gasteiger partial charge in [-0.25, -0.2) is 9.97 Å². The quantitative estimate of drug-likeness (QED) is 0.886. The van der Waals surface area contributed by atoms with Crippen molar-refractivity contribution in [1.82, 2.24) is 14.9 Å². The van der Waals surface area contributed by atoms with Crippen molar-refractivity contribution < 1.29 is 14.3 Å². The average molecular weight is 374 g/mol. The van der Waals surface area contributed by atoms with Gasteiger partial charge in [0.1, 0.15) is 5.60 Å². The Hall–Kier alpha value is -2.03. The van der Waals surface area contributed by atoms with Crippen LogP contribution in [-0.2, 0) is 28.3 Å². The van der Waals surface area contributed by atoms with E-state index in [1.54, 1.807) is 13.3 Å². The third-order valence-electron chi connectivity index (χ3n) is 4.94. The van der Waals surface area contributed by atoms with Gasteiger partial charge in [-0.2, -0.15) is 0 Å². The molecule has 1 spiro atoms. The highest BCUT2D eigenvalue weighted by atomic mass is 32.1. The van der Waals surface area contributed by atoms with Gasteiger partial charge in [-0.1, -0.05) is 0 Å². The van der Waals surface area contributed by atoms with E-state index in [0.29, 0.717) is 17.6 Å². The summed E-state index contributed by atoms with van der Waals surface area (Å²) in [7, 11) is 1.65. The standard InChI is InChI=1S/C18H22N4O3S/c1-12(23)21-17-20-8-13(26-17)9-22-7-3-5-18(11-22)15-4-6-19-16(24-2)14(15)10-25-18/h4,6,8H,3,5,7,9-11H2,1-2H3,(H,20,21,23). The fourth-order valence-electron chi connectivity index (χ4n) is 3.89. The first kappa shape index (κ1) is 17.4. The molecule has 138 valence electrons. The maximum Gasteiger partial charge on any atom is 0.223 e. The molecule has 2 aromatic rings. The second-order valence-electron chi connectivity index (χ2n) is 6.76. The Morgan fingerprint density at radius 1 is 1.50 bits per heavy atom. The molecular formula is C18H22N4O3S. The molecule has 2 aliphatic heterocycles. The lowest BCUT2D eigenvalue weighted by Crippen LogP contribution is -2.45. The third kappa shape index (κ3) is 3.20. The molecule has 1 N–H and O–H groups in total. The number of rotatable bonds is 4. The zero-order valence-corrected chi connectivity index (χ0v) is 15.8. The van der Waals surface area contributed by atoms with Crippen LogP contribution in [0.25, 0.3) is 0 Å². The number of methoxy groups -OCH3 is 1. The number of carbonyl (C=O) groups excluding carboxylic acids is 1. The fourth-order valence-corrected chi connectivity index (χ4v) is 4.79. The minimum Gasteiger partial charge on any atom is -0.481 e. The molecule has 0 aromatic carbocycles. The zero-order chi connectivity index (χ0) is 18.1. The van der Waals surface area contributed by atoms with Gasteiger partial charge in [-0.05, 0) is 31.0 Å². The predicted octanol–water partition coefficient (Wildman–Crippen LogP) is 2.53. The first-order valence-corrected chi connectivity index (χ1v) is 9.52. The number of carbonyl (C=O) groups is 1. The number of anilines is 1. The maximum atomic E-state index is 11.2. The van der Waals surface area contributed by atoms with Crippen molar-refractivity contribution >= 4 is 22.4 Å². The smallest absolute Gasteiger partial charge is 0.223 e. The monoisotopic (exact) mass is 374 g/mol. The van der Waals surface area contributed by atoms with Crippen LogP contribution in [-0.4, -0.2) is 41.0 Å². The molecule has 1 atom stereocenters. The van der Waals surface area contributed by atoms with Crippen LogP contribution >= 0.6 is 11.3 Å². The molecule has 7 nitrogen and oxygen atoms in total. The Bertz CT molecular complexity index is 825. The Kier molecular flexibility index (Phi) is 4.64. The minimum atomic E-state index is -0.283. The van der Waals surface area contributed by atoms with E-state index in [-0.39, 0.29) is 11.5 Å². The van der Waals surface area contributed by atoms with Crippen molar-refractivity contribution in [3.05, 3.63) is 34.5 Å². The summed E-state index contributed by atoms with van der Waals surface area (Å²) in [4.78, 5) is 23.3. The number of piperidine rings is 1. The van der Waals surface area contributed by atoms with Crippen molar-refractivity contribution in [2.45, 2.75) is 38.5 Å². The number of fused-ring (bicyclic) bond motifs is 2. The van der Waals surface area contributed by atoms with Crippen LogP contribution in [0.2, 0.25) is 0 Å². The molecule has 4 rings (SSSR count). The van der Waals surface area contributed by atoms with Crippen LogP contribution in [0.3, 0.4) is 0 Å². The van der Waals surface area contributed by atoms with Crippen molar-refractivity contribution in [3.8, 4) is 5.88 Å². The number of amides is 1. The normalized spacial score (nSPS) is 22.4. The van der Waals surface area contributed by atoms with E-state index >= 15 is 0 Å². The number of hydrogen-bond donors (Lipinski definition) is 1. The lowest BCUT2D eigenvalue weighted by molar-refractivity contribution is -0.114. The number of thiazole rings is 1. The molecule has 1 amide bonds. The van der Waals surface area contributed by atoms with Gasteiger partial charge in [0, 0.05) is 42.8 Å². The Balaban J connectivity index is 1.51. The number of nitrogens with zero attached hydrogens (tertiary/aromatic N) is 3. The number of ether oxygens (including phenoxy) is 2. The van der Waals surface area contributed by atoms with Gasteiger partial charge in [-0.3, -0.25) is 9.69 Å². The van der Waals surface area contributed by atoms with Crippen molar-refractivity contribution in [1.29, 1.82) is 0 Å². The highest BCUT2D eigenvalue weighted by Crippen LogP contribution is 2.45. The van der Waals surface area contributed by atoms with Crippen LogP contribution in [0.1, 0.15) is 35.8 Å². The first-order chi connectivity index (χ1) is 12.6. The lowest BCUT2D eigenvalue weighted by Gasteiger charge is -2.40. The van der Waals surface area contributed by atoms with E-state index in [1.165, 1.54) is 23.8 Å². The van der Waals surface area contributed by atoms with E-state index in [1.807, 2.05) is 6.20 Å². The highest BCUT2D eigenvalue weighted by Gasteiger charge is 2.44. The molecule has 0 saturated carbocycles. The molecule has 2 aliphatic rings. The predicted molar refractivity (Wildman–Crippen MR) is 98.2 cm³/mol. The molecule has 1 fully saturated rings. The second-order valence-corrected chi connectivity index (χ2v) is 7.87. The van der Waals surface area contributed by atoms with Crippen LogP contribution in [0.4, 0.5) is 5.13 Å².